The van der Waals surface area contributed by atoms with Gasteiger partial charge in [-0.1, -0.05) is 35.0 Å². The zero-order valence-corrected chi connectivity index (χ0v) is 16.8. The van der Waals surface area contributed by atoms with E-state index < -0.39 is 16.1 Å². The van der Waals surface area contributed by atoms with Crippen molar-refractivity contribution in [2.45, 2.75) is 26.3 Å². The summed E-state index contributed by atoms with van der Waals surface area (Å²) in [6.07, 6.45) is 1.47. The van der Waals surface area contributed by atoms with E-state index in [1.54, 1.807) is 37.3 Å². The molecule has 0 aliphatic rings. The second-order valence-corrected chi connectivity index (χ2v) is 8.59. The maximum absolute atomic E-state index is 12.7. The van der Waals surface area contributed by atoms with Gasteiger partial charge in [0.2, 0.25) is 15.9 Å². The SMILES string of the molecule is CC[C@@H](C(=O)Nc1ccc(Br)cc1)N(c1cccc(C)c1)S(C)(=O)=O. The van der Waals surface area contributed by atoms with E-state index in [2.05, 4.69) is 21.2 Å². The number of halogens is 1. The molecule has 0 fully saturated rings. The van der Waals surface area contributed by atoms with Crippen molar-refractivity contribution in [3.8, 4) is 0 Å². The molecule has 1 amide bonds. The van der Waals surface area contributed by atoms with Gasteiger partial charge in [0.25, 0.3) is 0 Å². The molecule has 0 radical (unpaired) electrons. The minimum atomic E-state index is -3.63. The highest BCUT2D eigenvalue weighted by molar-refractivity contribution is 9.10. The molecule has 0 saturated carbocycles. The minimum Gasteiger partial charge on any atom is -0.324 e. The van der Waals surface area contributed by atoms with Gasteiger partial charge >= 0.3 is 0 Å². The average Bonchev–Trinajstić information content (AvgIpc) is 2.53. The van der Waals surface area contributed by atoms with Crippen LogP contribution in [0.2, 0.25) is 0 Å². The van der Waals surface area contributed by atoms with Gasteiger partial charge in [0.1, 0.15) is 6.04 Å². The van der Waals surface area contributed by atoms with Gasteiger partial charge in [0.05, 0.1) is 11.9 Å². The highest BCUT2D eigenvalue weighted by Crippen LogP contribution is 2.24. The lowest BCUT2D eigenvalue weighted by Crippen LogP contribution is -2.47. The third kappa shape index (κ3) is 5.06. The summed E-state index contributed by atoms with van der Waals surface area (Å²) in [6, 6.07) is 13.4. The predicted octanol–water partition coefficient (Wildman–Crippen LogP) is 3.94. The first-order valence-corrected chi connectivity index (χ1v) is 10.5. The lowest BCUT2D eigenvalue weighted by molar-refractivity contribution is -0.117. The molecule has 2 aromatic rings. The molecule has 25 heavy (non-hydrogen) atoms. The van der Waals surface area contributed by atoms with E-state index in [0.29, 0.717) is 17.8 Å². The second-order valence-electron chi connectivity index (χ2n) is 5.82. The van der Waals surface area contributed by atoms with Crippen molar-refractivity contribution < 1.29 is 13.2 Å². The van der Waals surface area contributed by atoms with Gasteiger partial charge in [0, 0.05) is 10.2 Å². The molecule has 0 bridgehead atoms. The first kappa shape index (κ1) is 19.5. The Balaban J connectivity index is 2.36. The van der Waals surface area contributed by atoms with Crippen LogP contribution < -0.4 is 9.62 Å². The van der Waals surface area contributed by atoms with E-state index >= 15 is 0 Å². The first-order valence-electron chi connectivity index (χ1n) is 7.85. The number of hydrogen-bond donors (Lipinski definition) is 1. The normalized spacial score (nSPS) is 12.5. The Labute approximate surface area is 157 Å². The number of rotatable bonds is 6. The lowest BCUT2D eigenvalue weighted by Gasteiger charge is -2.30. The van der Waals surface area contributed by atoms with Crippen molar-refractivity contribution in [3.63, 3.8) is 0 Å². The quantitative estimate of drug-likeness (QED) is 0.763. The summed E-state index contributed by atoms with van der Waals surface area (Å²) in [5.41, 5.74) is 2.03. The number of amides is 1. The third-order valence-corrected chi connectivity index (χ3v) is 5.41. The van der Waals surface area contributed by atoms with E-state index in [9.17, 15) is 13.2 Å². The van der Waals surface area contributed by atoms with E-state index in [0.717, 1.165) is 16.3 Å². The molecular formula is C18H21BrN2O3S. The predicted molar refractivity (Wildman–Crippen MR) is 105 cm³/mol. The Morgan fingerprint density at radius 3 is 2.36 bits per heavy atom. The Hall–Kier alpha value is -1.86. The maximum Gasteiger partial charge on any atom is 0.248 e. The summed E-state index contributed by atoms with van der Waals surface area (Å²) in [7, 11) is -3.63. The molecule has 0 aliphatic heterocycles. The molecule has 134 valence electrons. The number of sulfonamides is 1. The van der Waals surface area contributed by atoms with Crippen LogP contribution >= 0.6 is 15.9 Å². The molecule has 2 rings (SSSR count). The lowest BCUT2D eigenvalue weighted by atomic mass is 10.1. The Morgan fingerprint density at radius 1 is 1.20 bits per heavy atom. The van der Waals surface area contributed by atoms with Crippen molar-refractivity contribution in [2.24, 2.45) is 0 Å². The minimum absolute atomic E-state index is 0.351. The largest absolute Gasteiger partial charge is 0.324 e. The van der Waals surface area contributed by atoms with E-state index in [1.165, 1.54) is 4.31 Å². The van der Waals surface area contributed by atoms with E-state index in [-0.39, 0.29) is 5.91 Å². The molecule has 1 N–H and O–H groups in total. The Bertz CT molecular complexity index is 851. The Morgan fingerprint density at radius 2 is 1.84 bits per heavy atom. The van der Waals surface area contributed by atoms with Crippen LogP contribution in [0.5, 0.6) is 0 Å². The zero-order chi connectivity index (χ0) is 18.6. The number of benzene rings is 2. The van der Waals surface area contributed by atoms with Crippen LogP contribution in [0.15, 0.2) is 53.0 Å². The molecule has 7 heteroatoms. The number of carbonyl (C=O) groups is 1. The summed E-state index contributed by atoms with van der Waals surface area (Å²) in [6.45, 7) is 3.67. The molecule has 0 unspecified atom stereocenters. The van der Waals surface area contributed by atoms with Crippen LogP contribution in [-0.2, 0) is 14.8 Å². The third-order valence-electron chi connectivity index (χ3n) is 3.70. The van der Waals surface area contributed by atoms with Gasteiger partial charge < -0.3 is 5.32 Å². The van der Waals surface area contributed by atoms with Crippen LogP contribution in [-0.4, -0.2) is 26.6 Å². The molecule has 0 aliphatic carbocycles. The number of anilines is 2. The maximum atomic E-state index is 12.7. The second kappa shape index (κ2) is 8.01. The van der Waals surface area contributed by atoms with Gasteiger partial charge in [-0.05, 0) is 55.3 Å². The highest BCUT2D eigenvalue weighted by atomic mass is 79.9. The number of nitrogens with one attached hydrogen (secondary N) is 1. The highest BCUT2D eigenvalue weighted by Gasteiger charge is 2.31. The molecule has 0 saturated heterocycles. The topological polar surface area (TPSA) is 66.5 Å². The summed E-state index contributed by atoms with van der Waals surface area (Å²) < 4.78 is 26.9. The standard InChI is InChI=1S/C18H21BrN2O3S/c1-4-17(18(22)20-15-10-8-14(19)9-11-15)21(25(3,23)24)16-7-5-6-13(2)12-16/h5-12,17H,4H2,1-3H3,(H,20,22)/t17-/m0/s1. The van der Waals surface area contributed by atoms with Crippen molar-refractivity contribution >= 4 is 43.2 Å². The summed E-state index contributed by atoms with van der Waals surface area (Å²) in [4.78, 5) is 12.7. The zero-order valence-electron chi connectivity index (χ0n) is 14.4. The van der Waals surface area contributed by atoms with Gasteiger partial charge in [-0.15, -0.1) is 0 Å². The molecule has 2 aromatic carbocycles. The van der Waals surface area contributed by atoms with Gasteiger partial charge in [-0.2, -0.15) is 0 Å². The molecule has 0 spiro atoms. The number of hydrogen-bond acceptors (Lipinski definition) is 3. The van der Waals surface area contributed by atoms with Crippen molar-refractivity contribution in [1.29, 1.82) is 0 Å². The summed E-state index contributed by atoms with van der Waals surface area (Å²) >= 11 is 3.34. The van der Waals surface area contributed by atoms with Crippen molar-refractivity contribution in [3.05, 3.63) is 58.6 Å². The van der Waals surface area contributed by atoms with Crippen LogP contribution in [0.1, 0.15) is 18.9 Å². The van der Waals surface area contributed by atoms with Crippen LogP contribution in [0.25, 0.3) is 0 Å². The Kier molecular flexibility index (Phi) is 6.24. The van der Waals surface area contributed by atoms with Crippen molar-refractivity contribution in [1.82, 2.24) is 0 Å². The molecule has 5 nitrogen and oxygen atoms in total. The monoisotopic (exact) mass is 424 g/mol. The smallest absolute Gasteiger partial charge is 0.248 e. The number of carbonyl (C=O) groups excluding carboxylic acids is 1. The molecule has 0 heterocycles. The molecule has 1 atom stereocenters. The molecular weight excluding hydrogens is 404 g/mol. The number of nitrogens with zero attached hydrogens (tertiary/aromatic N) is 1. The molecule has 0 aromatic heterocycles. The van der Waals surface area contributed by atoms with Gasteiger partial charge in [0.15, 0.2) is 0 Å². The summed E-state index contributed by atoms with van der Waals surface area (Å²) in [5, 5.41) is 2.79. The fourth-order valence-corrected chi connectivity index (χ4v) is 4.05. The average molecular weight is 425 g/mol. The van der Waals surface area contributed by atoms with Gasteiger partial charge in [-0.3, -0.25) is 9.10 Å². The summed E-state index contributed by atoms with van der Waals surface area (Å²) in [5.74, 6) is -0.364. The first-order chi connectivity index (χ1) is 11.7. The van der Waals surface area contributed by atoms with Crippen molar-refractivity contribution in [2.75, 3.05) is 15.9 Å². The fourth-order valence-electron chi connectivity index (χ4n) is 2.58. The number of aryl methyl sites for hydroxylation is 1. The van der Waals surface area contributed by atoms with Gasteiger partial charge in [-0.25, -0.2) is 8.42 Å². The van der Waals surface area contributed by atoms with Crippen LogP contribution in [0.3, 0.4) is 0 Å². The van der Waals surface area contributed by atoms with E-state index in [4.69, 9.17) is 0 Å². The van der Waals surface area contributed by atoms with Crippen LogP contribution in [0.4, 0.5) is 11.4 Å². The van der Waals surface area contributed by atoms with E-state index in [1.807, 2.05) is 25.1 Å². The van der Waals surface area contributed by atoms with Crippen LogP contribution in [0, 0.1) is 6.92 Å². The fraction of sp³-hybridized carbons (Fsp3) is 0.278.